The molecule has 4 nitrogen and oxygen atoms in total. The first-order chi connectivity index (χ1) is 9.52. The van der Waals surface area contributed by atoms with Crippen molar-refractivity contribution in [1.82, 2.24) is 4.98 Å². The van der Waals surface area contributed by atoms with E-state index in [2.05, 4.69) is 30.2 Å². The molecular formula is C15H22N2O2S. The summed E-state index contributed by atoms with van der Waals surface area (Å²) in [7, 11) is 0. The van der Waals surface area contributed by atoms with E-state index in [4.69, 9.17) is 0 Å². The van der Waals surface area contributed by atoms with E-state index >= 15 is 0 Å². The van der Waals surface area contributed by atoms with E-state index in [1.807, 2.05) is 19.1 Å². The third-order valence-electron chi connectivity index (χ3n) is 2.93. The molecule has 0 aliphatic rings. The van der Waals surface area contributed by atoms with Crippen molar-refractivity contribution in [1.29, 1.82) is 0 Å². The van der Waals surface area contributed by atoms with Crippen molar-refractivity contribution in [2.75, 3.05) is 16.8 Å². The van der Waals surface area contributed by atoms with Crippen LogP contribution < -0.4 is 5.32 Å². The lowest BCUT2D eigenvalue weighted by Gasteiger charge is -2.14. The summed E-state index contributed by atoms with van der Waals surface area (Å²) in [6.07, 6.45) is 4.86. The lowest BCUT2D eigenvalue weighted by molar-refractivity contribution is -0.137. The number of aliphatic carboxylic acids is 1. The van der Waals surface area contributed by atoms with Gasteiger partial charge < -0.3 is 10.4 Å². The Bertz CT molecular complexity index is 475. The van der Waals surface area contributed by atoms with Crippen LogP contribution in [0.5, 0.6) is 0 Å². The van der Waals surface area contributed by atoms with E-state index in [1.54, 1.807) is 18.0 Å². The van der Waals surface area contributed by atoms with Gasteiger partial charge in [-0.05, 0) is 38.0 Å². The van der Waals surface area contributed by atoms with Crippen LogP contribution in [0.25, 0.3) is 0 Å². The molecule has 0 saturated carbocycles. The van der Waals surface area contributed by atoms with Gasteiger partial charge in [0.05, 0.1) is 0 Å². The summed E-state index contributed by atoms with van der Waals surface area (Å²) in [5, 5.41) is 12.2. The second kappa shape index (κ2) is 8.64. The molecule has 5 heteroatoms. The predicted octanol–water partition coefficient (Wildman–Crippen LogP) is 3.34. The maximum atomic E-state index is 11.3. The number of nitrogens with one attached hydrogen (secondary N) is 1. The molecule has 20 heavy (non-hydrogen) atoms. The molecule has 0 radical (unpaired) electrons. The van der Waals surface area contributed by atoms with Crippen LogP contribution in [0.2, 0.25) is 0 Å². The van der Waals surface area contributed by atoms with E-state index in [-0.39, 0.29) is 0 Å². The number of aromatic nitrogens is 1. The Balaban J connectivity index is 2.51. The molecule has 1 aromatic heterocycles. The fraction of sp³-hybridized carbons (Fsp3) is 0.467. The first-order valence-electron chi connectivity index (χ1n) is 6.68. The topological polar surface area (TPSA) is 62.2 Å². The van der Waals surface area contributed by atoms with Gasteiger partial charge in [0.2, 0.25) is 0 Å². The lowest BCUT2D eigenvalue weighted by Crippen LogP contribution is -2.32. The zero-order valence-corrected chi connectivity index (χ0v) is 13.0. The zero-order valence-electron chi connectivity index (χ0n) is 12.2. The second-order valence-corrected chi connectivity index (χ2v) is 5.77. The number of carbonyl (C=O) groups is 1. The predicted molar refractivity (Wildman–Crippen MR) is 85.4 cm³/mol. The van der Waals surface area contributed by atoms with Gasteiger partial charge in [-0.25, -0.2) is 9.78 Å². The van der Waals surface area contributed by atoms with Crippen molar-refractivity contribution in [2.24, 2.45) is 0 Å². The van der Waals surface area contributed by atoms with Crippen molar-refractivity contribution in [3.8, 4) is 0 Å². The Kier molecular flexibility index (Phi) is 7.15. The fourth-order valence-electron chi connectivity index (χ4n) is 1.50. The van der Waals surface area contributed by atoms with E-state index < -0.39 is 12.0 Å². The summed E-state index contributed by atoms with van der Waals surface area (Å²) < 4.78 is 0. The van der Waals surface area contributed by atoms with Crippen LogP contribution in [-0.4, -0.2) is 33.6 Å². The number of rotatable bonds is 8. The second-order valence-electron chi connectivity index (χ2n) is 4.70. The Morgan fingerprint density at radius 1 is 1.60 bits per heavy atom. The molecular weight excluding hydrogens is 272 g/mol. The van der Waals surface area contributed by atoms with Gasteiger partial charge >= 0.3 is 5.97 Å². The molecule has 0 saturated heterocycles. The molecule has 1 heterocycles. The smallest absolute Gasteiger partial charge is 0.327 e. The third-order valence-corrected chi connectivity index (χ3v) is 3.90. The van der Waals surface area contributed by atoms with E-state index in [0.29, 0.717) is 11.6 Å². The first-order valence-corrected chi connectivity index (χ1v) is 7.83. The van der Waals surface area contributed by atoms with Gasteiger partial charge in [-0.2, -0.15) is 11.8 Å². The fourth-order valence-corrected chi connectivity index (χ4v) is 2.50. The normalized spacial score (nSPS) is 13.1. The molecule has 0 aliphatic carbocycles. The highest BCUT2D eigenvalue weighted by Crippen LogP contribution is 2.12. The van der Waals surface area contributed by atoms with Crippen LogP contribution in [0.4, 0.5) is 5.82 Å². The first kappa shape index (κ1) is 16.6. The number of aryl methyl sites for hydroxylation is 1. The number of nitrogens with zero attached hydrogens (tertiary/aromatic N) is 1. The van der Waals surface area contributed by atoms with Crippen molar-refractivity contribution < 1.29 is 9.90 Å². The molecule has 1 unspecified atom stereocenters. The molecule has 0 aromatic carbocycles. The Morgan fingerprint density at radius 3 is 2.95 bits per heavy atom. The SMILES string of the molecule is CC/C(C)=C/CSCC(Nc1cc(C)ccn1)C(=O)O. The van der Waals surface area contributed by atoms with Crippen LogP contribution >= 0.6 is 11.8 Å². The lowest BCUT2D eigenvalue weighted by atomic mass is 10.2. The molecule has 110 valence electrons. The molecule has 0 amide bonds. The number of hydrogen-bond acceptors (Lipinski definition) is 4. The maximum absolute atomic E-state index is 11.3. The summed E-state index contributed by atoms with van der Waals surface area (Å²) in [6.45, 7) is 6.15. The highest BCUT2D eigenvalue weighted by molar-refractivity contribution is 7.99. The quantitative estimate of drug-likeness (QED) is 0.569. The minimum atomic E-state index is -0.850. The summed E-state index contributed by atoms with van der Waals surface area (Å²) >= 11 is 1.61. The molecule has 0 bridgehead atoms. The van der Waals surface area contributed by atoms with Crippen LogP contribution in [0, 0.1) is 6.92 Å². The Labute approximate surface area is 124 Å². The number of allylic oxidation sites excluding steroid dienone is 1. The van der Waals surface area contributed by atoms with Crippen LogP contribution in [0.15, 0.2) is 30.0 Å². The average Bonchev–Trinajstić information content (AvgIpc) is 2.41. The largest absolute Gasteiger partial charge is 0.480 e. The highest BCUT2D eigenvalue weighted by Gasteiger charge is 2.17. The number of anilines is 1. The zero-order chi connectivity index (χ0) is 15.0. The van der Waals surface area contributed by atoms with E-state index in [9.17, 15) is 9.90 Å². The Hall–Kier alpha value is -1.49. The monoisotopic (exact) mass is 294 g/mol. The minimum absolute atomic E-state index is 0.512. The number of thioether (sulfide) groups is 1. The minimum Gasteiger partial charge on any atom is -0.480 e. The van der Waals surface area contributed by atoms with Crippen molar-refractivity contribution in [3.63, 3.8) is 0 Å². The van der Waals surface area contributed by atoms with Gasteiger partial charge in [0.15, 0.2) is 0 Å². The van der Waals surface area contributed by atoms with Crippen molar-refractivity contribution in [2.45, 2.75) is 33.2 Å². The molecule has 0 fully saturated rings. The number of carboxylic acids is 1. The van der Waals surface area contributed by atoms with Gasteiger partial charge in [0.25, 0.3) is 0 Å². The average molecular weight is 294 g/mol. The molecule has 1 aromatic rings. The van der Waals surface area contributed by atoms with Gasteiger partial charge in [0, 0.05) is 17.7 Å². The van der Waals surface area contributed by atoms with Gasteiger partial charge in [-0.15, -0.1) is 0 Å². The third kappa shape index (κ3) is 6.10. The molecule has 0 aliphatic heterocycles. The maximum Gasteiger partial charge on any atom is 0.327 e. The van der Waals surface area contributed by atoms with Gasteiger partial charge in [-0.3, -0.25) is 0 Å². The number of hydrogen-bond donors (Lipinski definition) is 2. The van der Waals surface area contributed by atoms with Crippen LogP contribution in [0.3, 0.4) is 0 Å². The summed E-state index contributed by atoms with van der Waals surface area (Å²) in [4.78, 5) is 15.4. The number of pyridine rings is 1. The molecule has 1 rings (SSSR count). The van der Waals surface area contributed by atoms with E-state index in [0.717, 1.165) is 17.7 Å². The number of carboxylic acid groups (broad SMARTS) is 1. The van der Waals surface area contributed by atoms with Crippen LogP contribution in [-0.2, 0) is 4.79 Å². The summed E-state index contributed by atoms with van der Waals surface area (Å²) in [6, 6.07) is 3.11. The standard InChI is InChI=1S/C15H22N2O2S/c1-4-11(2)6-8-20-10-13(15(18)19)17-14-9-12(3)5-7-16-14/h5-7,9,13H,4,8,10H2,1-3H3,(H,16,17)(H,18,19)/b11-6+. The highest BCUT2D eigenvalue weighted by atomic mass is 32.2. The summed E-state index contributed by atoms with van der Waals surface area (Å²) in [5.41, 5.74) is 2.39. The molecule has 2 N–H and O–H groups in total. The molecule has 0 spiro atoms. The van der Waals surface area contributed by atoms with Crippen molar-refractivity contribution >= 4 is 23.5 Å². The molecule has 1 atom stereocenters. The Morgan fingerprint density at radius 2 is 2.35 bits per heavy atom. The van der Waals surface area contributed by atoms with Gasteiger partial charge in [0.1, 0.15) is 11.9 Å². The van der Waals surface area contributed by atoms with E-state index in [1.165, 1.54) is 5.57 Å². The summed E-state index contributed by atoms with van der Waals surface area (Å²) in [5.74, 6) is 1.11. The van der Waals surface area contributed by atoms with Gasteiger partial charge in [-0.1, -0.05) is 18.6 Å². The van der Waals surface area contributed by atoms with Crippen molar-refractivity contribution in [3.05, 3.63) is 35.5 Å². The van der Waals surface area contributed by atoms with Crippen LogP contribution in [0.1, 0.15) is 25.8 Å².